The molecular weight excluding hydrogens is 456 g/mol. The fourth-order valence-electron chi connectivity index (χ4n) is 3.45. The summed E-state index contributed by atoms with van der Waals surface area (Å²) < 4.78 is 6.84. The highest BCUT2D eigenvalue weighted by Crippen LogP contribution is 2.28. The second-order valence-corrected chi connectivity index (χ2v) is 8.28. The van der Waals surface area contributed by atoms with Crippen molar-refractivity contribution in [2.24, 2.45) is 0 Å². The highest BCUT2D eigenvalue weighted by molar-refractivity contribution is 7.99. The van der Waals surface area contributed by atoms with Gasteiger partial charge in [-0.05, 0) is 42.8 Å². The average molecular weight is 477 g/mol. The van der Waals surface area contributed by atoms with Crippen LogP contribution in [0.2, 0.25) is 0 Å². The van der Waals surface area contributed by atoms with Crippen LogP contribution in [-0.2, 0) is 4.79 Å². The van der Waals surface area contributed by atoms with Crippen LogP contribution in [0.15, 0.2) is 76.7 Å². The zero-order valence-electron chi connectivity index (χ0n) is 18.3. The number of aromatic nitrogens is 2. The molecule has 172 valence electrons. The first kappa shape index (κ1) is 23.0. The van der Waals surface area contributed by atoms with Crippen molar-refractivity contribution in [3.8, 4) is 11.4 Å². The Hall–Kier alpha value is -4.18. The van der Waals surface area contributed by atoms with E-state index in [1.54, 1.807) is 61.5 Å². The molecule has 1 aromatic heterocycles. The van der Waals surface area contributed by atoms with E-state index in [1.165, 1.54) is 23.8 Å². The van der Waals surface area contributed by atoms with Gasteiger partial charge in [-0.2, -0.15) is 0 Å². The van der Waals surface area contributed by atoms with Gasteiger partial charge in [0.15, 0.2) is 5.16 Å². The number of amides is 1. The summed E-state index contributed by atoms with van der Waals surface area (Å²) in [5.41, 5.74) is 1.32. The maximum Gasteiger partial charge on any atom is 0.293 e. The summed E-state index contributed by atoms with van der Waals surface area (Å²) >= 11 is 1.05. The van der Waals surface area contributed by atoms with Gasteiger partial charge in [0.2, 0.25) is 5.91 Å². The van der Waals surface area contributed by atoms with Crippen molar-refractivity contribution >= 4 is 39.9 Å². The Morgan fingerprint density at radius 3 is 2.65 bits per heavy atom. The number of carbonyl (C=O) groups is 1. The zero-order valence-corrected chi connectivity index (χ0v) is 19.2. The first-order chi connectivity index (χ1) is 16.4. The van der Waals surface area contributed by atoms with Gasteiger partial charge in [0.25, 0.3) is 11.2 Å². The molecule has 34 heavy (non-hydrogen) atoms. The van der Waals surface area contributed by atoms with Crippen LogP contribution in [0.1, 0.15) is 5.56 Å². The number of para-hydroxylation sites is 3. The number of rotatable bonds is 7. The second-order valence-electron chi connectivity index (χ2n) is 7.34. The van der Waals surface area contributed by atoms with Gasteiger partial charge >= 0.3 is 0 Å². The lowest BCUT2D eigenvalue weighted by Crippen LogP contribution is -2.23. The normalized spacial score (nSPS) is 10.8. The van der Waals surface area contributed by atoms with Crippen LogP contribution in [-0.4, -0.2) is 33.2 Å². The lowest BCUT2D eigenvalue weighted by atomic mass is 10.2. The van der Waals surface area contributed by atoms with Crippen LogP contribution in [0, 0.1) is 17.0 Å². The molecule has 0 unspecified atom stereocenters. The lowest BCUT2D eigenvalue weighted by Gasteiger charge is -2.15. The molecule has 0 aliphatic rings. The van der Waals surface area contributed by atoms with Gasteiger partial charge in [-0.1, -0.05) is 42.1 Å². The van der Waals surface area contributed by atoms with Gasteiger partial charge in [0, 0.05) is 6.07 Å². The van der Waals surface area contributed by atoms with E-state index in [9.17, 15) is 19.7 Å². The van der Waals surface area contributed by atoms with Gasteiger partial charge in [0.05, 0.1) is 34.4 Å². The lowest BCUT2D eigenvalue weighted by molar-refractivity contribution is -0.384. The fraction of sp³-hybridized carbons (Fsp3) is 0.125. The molecule has 3 aromatic carbocycles. The Morgan fingerprint density at radius 1 is 1.15 bits per heavy atom. The number of hydrogen-bond donors (Lipinski definition) is 1. The summed E-state index contributed by atoms with van der Waals surface area (Å²) in [4.78, 5) is 41.5. The van der Waals surface area contributed by atoms with Gasteiger partial charge in [-0.25, -0.2) is 4.98 Å². The topological polar surface area (TPSA) is 116 Å². The number of aryl methyl sites for hydroxylation is 1. The third-order valence-corrected chi connectivity index (χ3v) is 5.97. The predicted octanol–water partition coefficient (Wildman–Crippen LogP) is 4.34. The van der Waals surface area contributed by atoms with Crippen molar-refractivity contribution in [2.45, 2.75) is 12.1 Å². The average Bonchev–Trinajstić information content (AvgIpc) is 2.84. The van der Waals surface area contributed by atoms with Crippen LogP contribution in [0.4, 0.5) is 11.4 Å². The van der Waals surface area contributed by atoms with E-state index in [0.717, 1.165) is 11.8 Å². The molecule has 0 saturated heterocycles. The van der Waals surface area contributed by atoms with E-state index in [-0.39, 0.29) is 22.7 Å². The van der Waals surface area contributed by atoms with Gasteiger partial charge in [-0.15, -0.1) is 0 Å². The number of ether oxygens (including phenoxy) is 1. The van der Waals surface area contributed by atoms with Crippen LogP contribution < -0.4 is 15.6 Å². The first-order valence-electron chi connectivity index (χ1n) is 10.2. The predicted molar refractivity (Wildman–Crippen MR) is 131 cm³/mol. The summed E-state index contributed by atoms with van der Waals surface area (Å²) in [5, 5.41) is 14.7. The summed E-state index contributed by atoms with van der Waals surface area (Å²) in [6.07, 6.45) is 0. The monoisotopic (exact) mass is 476 g/mol. The van der Waals surface area contributed by atoms with Crippen LogP contribution >= 0.6 is 11.8 Å². The highest BCUT2D eigenvalue weighted by Gasteiger charge is 2.19. The number of fused-ring (bicyclic) bond motifs is 1. The number of nitro groups is 1. The smallest absolute Gasteiger partial charge is 0.293 e. The first-order valence-corrected chi connectivity index (χ1v) is 11.2. The quantitative estimate of drug-likeness (QED) is 0.182. The molecule has 0 bridgehead atoms. The molecule has 1 N–H and O–H groups in total. The van der Waals surface area contributed by atoms with Crippen LogP contribution in [0.5, 0.6) is 5.75 Å². The molecule has 1 heterocycles. The van der Waals surface area contributed by atoms with Crippen molar-refractivity contribution in [3.63, 3.8) is 0 Å². The number of thioether (sulfide) groups is 1. The molecule has 0 radical (unpaired) electrons. The minimum absolute atomic E-state index is 0.106. The number of hydrogen-bond acceptors (Lipinski definition) is 7. The van der Waals surface area contributed by atoms with Gasteiger partial charge in [-0.3, -0.25) is 24.3 Å². The number of nitro benzene ring substituents is 1. The molecule has 0 saturated carbocycles. The second kappa shape index (κ2) is 9.75. The van der Waals surface area contributed by atoms with E-state index in [1.807, 2.05) is 0 Å². The third-order valence-electron chi connectivity index (χ3n) is 5.03. The van der Waals surface area contributed by atoms with E-state index >= 15 is 0 Å². The number of anilines is 1. The van der Waals surface area contributed by atoms with Crippen LogP contribution in [0.25, 0.3) is 16.6 Å². The summed E-state index contributed by atoms with van der Waals surface area (Å²) in [5.74, 6) is -0.112. The van der Waals surface area contributed by atoms with Gasteiger partial charge < -0.3 is 10.1 Å². The molecule has 4 rings (SSSR count). The zero-order chi connectivity index (χ0) is 24.2. The van der Waals surface area contributed by atoms with Crippen molar-refractivity contribution < 1.29 is 14.5 Å². The molecule has 0 aliphatic carbocycles. The van der Waals surface area contributed by atoms with E-state index in [2.05, 4.69) is 10.3 Å². The minimum atomic E-state index is -0.542. The Balaban J connectivity index is 1.69. The largest absolute Gasteiger partial charge is 0.495 e. The third kappa shape index (κ3) is 4.62. The Morgan fingerprint density at radius 2 is 1.88 bits per heavy atom. The summed E-state index contributed by atoms with van der Waals surface area (Å²) in [6, 6.07) is 18.5. The van der Waals surface area contributed by atoms with Crippen LogP contribution in [0.3, 0.4) is 0 Å². The standard InChI is InChI=1S/C24H20N4O5S/c1-15-11-12-18(20(13-15)28(31)32)25-22(29)14-34-24-26-17-8-4-3-7-16(17)23(30)27(24)19-9-5-6-10-21(19)33-2/h3-13H,14H2,1-2H3,(H,25,29). The molecular formula is C24H20N4O5S. The molecule has 0 aliphatic heterocycles. The molecule has 0 spiro atoms. The Bertz CT molecular complexity index is 1470. The summed E-state index contributed by atoms with van der Waals surface area (Å²) in [7, 11) is 1.51. The molecule has 10 heteroatoms. The molecule has 4 aromatic rings. The number of benzene rings is 3. The maximum atomic E-state index is 13.4. The summed E-state index contributed by atoms with van der Waals surface area (Å²) in [6.45, 7) is 1.73. The fourth-order valence-corrected chi connectivity index (χ4v) is 4.26. The highest BCUT2D eigenvalue weighted by atomic mass is 32.2. The maximum absolute atomic E-state index is 13.4. The van der Waals surface area contributed by atoms with Gasteiger partial charge in [0.1, 0.15) is 11.4 Å². The van der Waals surface area contributed by atoms with Crippen molar-refractivity contribution in [1.29, 1.82) is 0 Å². The number of nitrogens with zero attached hydrogens (tertiary/aromatic N) is 3. The molecule has 9 nitrogen and oxygen atoms in total. The van der Waals surface area contributed by atoms with E-state index in [4.69, 9.17) is 4.74 Å². The number of nitrogens with one attached hydrogen (secondary N) is 1. The minimum Gasteiger partial charge on any atom is -0.495 e. The molecule has 0 atom stereocenters. The van der Waals surface area contributed by atoms with Crippen molar-refractivity contribution in [2.75, 3.05) is 18.2 Å². The van der Waals surface area contributed by atoms with E-state index < -0.39 is 10.8 Å². The van der Waals surface area contributed by atoms with Crippen molar-refractivity contribution in [1.82, 2.24) is 9.55 Å². The molecule has 0 fully saturated rings. The van der Waals surface area contributed by atoms with E-state index in [0.29, 0.717) is 33.1 Å². The number of methoxy groups -OCH3 is 1. The SMILES string of the molecule is COc1ccccc1-n1c(SCC(=O)Nc2ccc(C)cc2[N+](=O)[O-])nc2ccccc2c1=O. The Labute approximate surface area is 198 Å². The number of carbonyl (C=O) groups excluding carboxylic acids is 1. The molecule has 1 amide bonds. The van der Waals surface area contributed by atoms with Crippen molar-refractivity contribution in [3.05, 3.63) is 92.8 Å². The Kier molecular flexibility index (Phi) is 6.60.